The normalized spacial score (nSPS) is 15.6. The molecule has 0 aliphatic carbocycles. The van der Waals surface area contributed by atoms with Crippen LogP contribution in [-0.4, -0.2) is 77.7 Å². The molecule has 1 aromatic heterocycles. The van der Waals surface area contributed by atoms with Crippen molar-refractivity contribution in [2.45, 2.75) is 0 Å². The second kappa shape index (κ2) is 8.07. The number of halogens is 1. The summed E-state index contributed by atoms with van der Waals surface area (Å²) in [6.07, 6.45) is 1.47. The quantitative estimate of drug-likeness (QED) is 0.607. The topological polar surface area (TPSA) is 83.0 Å². The van der Waals surface area contributed by atoms with Gasteiger partial charge < -0.3 is 14.7 Å². The van der Waals surface area contributed by atoms with Crippen LogP contribution in [0.1, 0.15) is 10.4 Å². The summed E-state index contributed by atoms with van der Waals surface area (Å²) in [6, 6.07) is 3.07. The lowest BCUT2D eigenvalue weighted by Gasteiger charge is -2.34. The molecule has 1 aliphatic heterocycles. The van der Waals surface area contributed by atoms with Gasteiger partial charge in [0.05, 0.1) is 12.2 Å². The molecule has 0 atom stereocenters. The Balaban J connectivity index is 1.79. The van der Waals surface area contributed by atoms with Crippen LogP contribution in [-0.2, 0) is 9.53 Å². The van der Waals surface area contributed by atoms with Crippen molar-refractivity contribution in [3.63, 3.8) is 0 Å². The van der Waals surface area contributed by atoms with Crippen LogP contribution in [0.5, 0.6) is 0 Å². The van der Waals surface area contributed by atoms with Gasteiger partial charge in [-0.2, -0.15) is 0 Å². The van der Waals surface area contributed by atoms with Crippen LogP contribution in [0.4, 0.5) is 0 Å². The average Bonchev–Trinajstić information content (AvgIpc) is 2.54. The second-order valence-corrected chi connectivity index (χ2v) is 5.22. The second-order valence-electron chi connectivity index (χ2n) is 4.86. The third-order valence-corrected chi connectivity index (χ3v) is 3.75. The first kappa shape index (κ1) is 16.7. The van der Waals surface area contributed by atoms with E-state index in [-0.39, 0.29) is 29.8 Å². The lowest BCUT2D eigenvalue weighted by molar-refractivity contribution is -0.136. The van der Waals surface area contributed by atoms with E-state index < -0.39 is 5.97 Å². The number of esters is 1. The molecule has 1 saturated heterocycles. The first-order valence-corrected chi connectivity index (χ1v) is 7.38. The summed E-state index contributed by atoms with van der Waals surface area (Å²) < 4.78 is 4.99. The van der Waals surface area contributed by atoms with Gasteiger partial charge in [-0.05, 0) is 12.1 Å². The lowest BCUT2D eigenvalue weighted by Crippen LogP contribution is -2.50. The van der Waals surface area contributed by atoms with Crippen molar-refractivity contribution in [2.75, 3.05) is 45.9 Å². The van der Waals surface area contributed by atoms with E-state index in [9.17, 15) is 9.59 Å². The Morgan fingerprint density at radius 3 is 2.68 bits per heavy atom. The smallest absolute Gasteiger partial charge is 0.341 e. The molecule has 0 aromatic carbocycles. The van der Waals surface area contributed by atoms with Gasteiger partial charge >= 0.3 is 5.97 Å². The van der Waals surface area contributed by atoms with Gasteiger partial charge in [0.25, 0.3) is 5.91 Å². The SMILES string of the molecule is O=C(OCC(=O)N1CCN(CCO)CC1)c1cccnc1Cl. The van der Waals surface area contributed by atoms with Crippen molar-refractivity contribution in [1.29, 1.82) is 0 Å². The van der Waals surface area contributed by atoms with Gasteiger partial charge in [0.1, 0.15) is 5.15 Å². The number of piperazine rings is 1. The average molecular weight is 328 g/mol. The van der Waals surface area contributed by atoms with E-state index >= 15 is 0 Å². The van der Waals surface area contributed by atoms with E-state index in [4.69, 9.17) is 21.4 Å². The van der Waals surface area contributed by atoms with E-state index in [1.165, 1.54) is 12.3 Å². The molecule has 0 bridgehead atoms. The van der Waals surface area contributed by atoms with Crippen LogP contribution in [0.15, 0.2) is 18.3 Å². The fourth-order valence-corrected chi connectivity index (χ4v) is 2.39. The molecule has 1 fully saturated rings. The Morgan fingerprint density at radius 1 is 1.32 bits per heavy atom. The minimum absolute atomic E-state index is 0.0533. The predicted molar refractivity (Wildman–Crippen MR) is 79.6 cm³/mol. The number of nitrogens with zero attached hydrogens (tertiary/aromatic N) is 3. The van der Waals surface area contributed by atoms with Gasteiger partial charge in [0.15, 0.2) is 6.61 Å². The molecule has 0 spiro atoms. The number of aromatic nitrogens is 1. The third-order valence-electron chi connectivity index (χ3n) is 3.45. The Labute approximate surface area is 133 Å². The van der Waals surface area contributed by atoms with Crippen molar-refractivity contribution in [3.05, 3.63) is 29.0 Å². The summed E-state index contributed by atoms with van der Waals surface area (Å²) in [4.78, 5) is 31.4. The van der Waals surface area contributed by atoms with Gasteiger partial charge in [0.2, 0.25) is 0 Å². The summed E-state index contributed by atoms with van der Waals surface area (Å²) in [5.41, 5.74) is 0.143. The zero-order valence-electron chi connectivity index (χ0n) is 12.1. The van der Waals surface area contributed by atoms with Crippen LogP contribution in [0, 0.1) is 0 Å². The fourth-order valence-electron chi connectivity index (χ4n) is 2.20. The summed E-state index contributed by atoms with van der Waals surface area (Å²) >= 11 is 5.80. The molecule has 1 N–H and O–H groups in total. The van der Waals surface area contributed by atoms with Crippen molar-refractivity contribution in [3.8, 4) is 0 Å². The summed E-state index contributed by atoms with van der Waals surface area (Å²) in [6.45, 7) is 2.93. The number of rotatable bonds is 5. The number of hydrogen-bond donors (Lipinski definition) is 1. The molecule has 1 amide bonds. The minimum Gasteiger partial charge on any atom is -0.452 e. The van der Waals surface area contributed by atoms with Crippen molar-refractivity contribution >= 4 is 23.5 Å². The Morgan fingerprint density at radius 2 is 2.05 bits per heavy atom. The highest BCUT2D eigenvalue weighted by Crippen LogP contribution is 2.12. The third kappa shape index (κ3) is 4.40. The van der Waals surface area contributed by atoms with E-state index in [1.54, 1.807) is 11.0 Å². The zero-order chi connectivity index (χ0) is 15.9. The number of β-amino-alcohol motifs (C(OH)–C–C–N with tert-alkyl or cyclic N) is 1. The predicted octanol–water partition coefficient (Wildman–Crippen LogP) is 0.0283. The first-order chi connectivity index (χ1) is 10.6. The van der Waals surface area contributed by atoms with E-state index in [1.807, 2.05) is 0 Å². The summed E-state index contributed by atoms with van der Waals surface area (Å²) in [7, 11) is 0. The number of ether oxygens (including phenoxy) is 1. The molecule has 0 unspecified atom stereocenters. The van der Waals surface area contributed by atoms with Crippen molar-refractivity contribution < 1.29 is 19.4 Å². The Hall–Kier alpha value is -1.70. The van der Waals surface area contributed by atoms with Crippen LogP contribution in [0.3, 0.4) is 0 Å². The number of aliphatic hydroxyl groups excluding tert-OH is 1. The number of hydrogen-bond acceptors (Lipinski definition) is 6. The van der Waals surface area contributed by atoms with Gasteiger partial charge in [0, 0.05) is 38.9 Å². The highest BCUT2D eigenvalue weighted by atomic mass is 35.5. The van der Waals surface area contributed by atoms with Gasteiger partial charge in [-0.25, -0.2) is 9.78 Å². The van der Waals surface area contributed by atoms with Crippen LogP contribution < -0.4 is 0 Å². The molecule has 8 heteroatoms. The Bertz CT molecular complexity index is 533. The largest absolute Gasteiger partial charge is 0.452 e. The first-order valence-electron chi connectivity index (χ1n) is 7.00. The van der Waals surface area contributed by atoms with E-state index in [2.05, 4.69) is 9.88 Å². The van der Waals surface area contributed by atoms with Crippen molar-refractivity contribution in [2.24, 2.45) is 0 Å². The lowest BCUT2D eigenvalue weighted by atomic mass is 10.3. The van der Waals surface area contributed by atoms with Gasteiger partial charge in [-0.15, -0.1) is 0 Å². The standard InChI is InChI=1S/C14H18ClN3O4/c15-13-11(2-1-3-16-13)14(21)22-10-12(20)18-6-4-17(5-7-18)8-9-19/h1-3,19H,4-10H2. The molecular formula is C14H18ClN3O4. The molecular weight excluding hydrogens is 310 g/mol. The minimum atomic E-state index is -0.662. The zero-order valence-corrected chi connectivity index (χ0v) is 12.8. The van der Waals surface area contributed by atoms with Gasteiger partial charge in [-0.3, -0.25) is 9.69 Å². The molecule has 2 heterocycles. The monoisotopic (exact) mass is 327 g/mol. The van der Waals surface area contributed by atoms with Gasteiger partial charge in [-0.1, -0.05) is 11.6 Å². The molecule has 22 heavy (non-hydrogen) atoms. The highest BCUT2D eigenvalue weighted by molar-refractivity contribution is 6.32. The maximum absolute atomic E-state index is 12.0. The molecule has 7 nitrogen and oxygen atoms in total. The van der Waals surface area contributed by atoms with Crippen LogP contribution in [0.2, 0.25) is 5.15 Å². The highest BCUT2D eigenvalue weighted by Gasteiger charge is 2.22. The maximum Gasteiger partial charge on any atom is 0.341 e. The summed E-state index contributed by atoms with van der Waals surface area (Å²) in [5, 5.41) is 8.93. The molecule has 1 aliphatic rings. The van der Waals surface area contributed by atoms with E-state index in [0.717, 1.165) is 0 Å². The maximum atomic E-state index is 12.0. The molecule has 1 aromatic rings. The number of aliphatic hydroxyl groups is 1. The summed E-state index contributed by atoms with van der Waals surface area (Å²) in [5.74, 6) is -0.901. The number of carbonyl (C=O) groups excluding carboxylic acids is 2. The van der Waals surface area contributed by atoms with Crippen LogP contribution in [0.25, 0.3) is 0 Å². The Kier molecular flexibility index (Phi) is 6.11. The molecule has 0 saturated carbocycles. The molecule has 120 valence electrons. The molecule has 2 rings (SSSR count). The van der Waals surface area contributed by atoms with Crippen molar-refractivity contribution in [1.82, 2.24) is 14.8 Å². The van der Waals surface area contributed by atoms with E-state index in [0.29, 0.717) is 32.7 Å². The fraction of sp³-hybridized carbons (Fsp3) is 0.500. The van der Waals surface area contributed by atoms with Crippen LogP contribution >= 0.6 is 11.6 Å². The number of pyridine rings is 1. The molecule has 0 radical (unpaired) electrons. The number of amides is 1. The number of carbonyl (C=O) groups is 2.